The molecule has 1 N–H and O–H groups in total. The van der Waals surface area contributed by atoms with Gasteiger partial charge >= 0.3 is 6.18 Å². The SMILES string of the molecule is FC(F)(F)c1nc(NC2CCCCC2)c2cc(Br)ccc2n1. The first-order valence-corrected chi connectivity index (χ1v) is 8.04. The zero-order valence-electron chi connectivity index (χ0n) is 11.8. The van der Waals surface area contributed by atoms with Gasteiger partial charge in [0.25, 0.3) is 0 Å². The normalized spacial score (nSPS) is 16.9. The van der Waals surface area contributed by atoms with Crippen molar-refractivity contribution in [3.05, 3.63) is 28.5 Å². The Bertz CT molecular complexity index is 682. The zero-order valence-corrected chi connectivity index (χ0v) is 13.3. The number of nitrogens with zero attached hydrogens (tertiary/aromatic N) is 2. The quantitative estimate of drug-likeness (QED) is 0.790. The second kappa shape index (κ2) is 6.02. The molecule has 2 aromatic rings. The van der Waals surface area contributed by atoms with Crippen molar-refractivity contribution in [2.45, 2.75) is 44.3 Å². The molecule has 22 heavy (non-hydrogen) atoms. The lowest BCUT2D eigenvalue weighted by molar-refractivity contribution is -0.144. The molecule has 0 bridgehead atoms. The van der Waals surface area contributed by atoms with E-state index < -0.39 is 12.0 Å². The smallest absolute Gasteiger partial charge is 0.367 e. The predicted octanol–water partition coefficient (Wildman–Crippen LogP) is 5.16. The lowest BCUT2D eigenvalue weighted by Gasteiger charge is -2.24. The average molecular weight is 374 g/mol. The summed E-state index contributed by atoms with van der Waals surface area (Å²) < 4.78 is 39.8. The van der Waals surface area contributed by atoms with Crippen LogP contribution in [0.4, 0.5) is 19.0 Å². The Balaban J connectivity index is 2.05. The molecule has 1 aliphatic carbocycles. The van der Waals surface area contributed by atoms with Crippen molar-refractivity contribution in [2.24, 2.45) is 0 Å². The number of hydrogen-bond acceptors (Lipinski definition) is 3. The van der Waals surface area contributed by atoms with Crippen molar-refractivity contribution in [1.82, 2.24) is 9.97 Å². The van der Waals surface area contributed by atoms with Gasteiger partial charge in [-0.05, 0) is 31.0 Å². The molecule has 1 saturated carbocycles. The predicted molar refractivity (Wildman–Crippen MR) is 82.7 cm³/mol. The van der Waals surface area contributed by atoms with Gasteiger partial charge in [0.2, 0.25) is 5.82 Å². The third-order valence-electron chi connectivity index (χ3n) is 3.86. The van der Waals surface area contributed by atoms with E-state index in [9.17, 15) is 13.2 Å². The van der Waals surface area contributed by atoms with Crippen molar-refractivity contribution < 1.29 is 13.2 Å². The van der Waals surface area contributed by atoms with E-state index in [1.807, 2.05) is 0 Å². The minimum atomic E-state index is -4.55. The van der Waals surface area contributed by atoms with Crippen molar-refractivity contribution in [3.63, 3.8) is 0 Å². The summed E-state index contributed by atoms with van der Waals surface area (Å²) in [4.78, 5) is 7.38. The number of rotatable bonds is 2. The van der Waals surface area contributed by atoms with Crippen LogP contribution in [-0.4, -0.2) is 16.0 Å². The lowest BCUT2D eigenvalue weighted by Crippen LogP contribution is -2.24. The summed E-state index contributed by atoms with van der Waals surface area (Å²) >= 11 is 3.34. The molecule has 3 nitrogen and oxygen atoms in total. The fraction of sp³-hybridized carbons (Fsp3) is 0.467. The third-order valence-corrected chi connectivity index (χ3v) is 4.35. The fourth-order valence-corrected chi connectivity index (χ4v) is 3.14. The first-order valence-electron chi connectivity index (χ1n) is 7.24. The molecule has 118 valence electrons. The minimum Gasteiger partial charge on any atom is -0.367 e. The van der Waals surface area contributed by atoms with E-state index >= 15 is 0 Å². The number of alkyl halides is 3. The maximum absolute atomic E-state index is 13.0. The van der Waals surface area contributed by atoms with Gasteiger partial charge in [0.1, 0.15) is 5.82 Å². The number of halogens is 4. The second-order valence-electron chi connectivity index (χ2n) is 5.53. The molecule has 1 fully saturated rings. The molecule has 0 spiro atoms. The van der Waals surface area contributed by atoms with Gasteiger partial charge in [0.05, 0.1) is 5.52 Å². The summed E-state index contributed by atoms with van der Waals surface area (Å²) in [6.07, 6.45) is 0.737. The molecular formula is C15H15BrF3N3. The Hall–Kier alpha value is -1.37. The van der Waals surface area contributed by atoms with E-state index in [2.05, 4.69) is 31.2 Å². The number of hydrogen-bond donors (Lipinski definition) is 1. The Morgan fingerprint density at radius 1 is 1.09 bits per heavy atom. The van der Waals surface area contributed by atoms with Crippen molar-refractivity contribution in [3.8, 4) is 0 Å². The van der Waals surface area contributed by atoms with Crippen LogP contribution in [0.25, 0.3) is 10.9 Å². The van der Waals surface area contributed by atoms with E-state index in [0.29, 0.717) is 10.9 Å². The fourth-order valence-electron chi connectivity index (χ4n) is 2.78. The third kappa shape index (κ3) is 3.34. The van der Waals surface area contributed by atoms with Gasteiger partial charge in [0.15, 0.2) is 0 Å². The van der Waals surface area contributed by atoms with Crippen LogP contribution in [0, 0.1) is 0 Å². The number of fused-ring (bicyclic) bond motifs is 1. The van der Waals surface area contributed by atoms with Crippen LogP contribution in [0.3, 0.4) is 0 Å². The highest BCUT2D eigenvalue weighted by atomic mass is 79.9. The van der Waals surface area contributed by atoms with Crippen LogP contribution >= 0.6 is 15.9 Å². The minimum absolute atomic E-state index is 0.173. The topological polar surface area (TPSA) is 37.8 Å². The first kappa shape index (κ1) is 15.5. The Kier molecular flexibility index (Phi) is 4.25. The van der Waals surface area contributed by atoms with Gasteiger partial charge in [-0.1, -0.05) is 35.2 Å². The van der Waals surface area contributed by atoms with Crippen LogP contribution < -0.4 is 5.32 Å². The molecule has 1 aliphatic rings. The summed E-state index contributed by atoms with van der Waals surface area (Å²) in [6.45, 7) is 0. The maximum atomic E-state index is 13.0. The monoisotopic (exact) mass is 373 g/mol. The standard InChI is InChI=1S/C15H15BrF3N3/c16-9-6-7-12-11(8-9)13(20-10-4-2-1-3-5-10)22-14(21-12)15(17,18)19/h6-8,10H,1-5H2,(H,20,21,22). The number of aromatic nitrogens is 2. The highest BCUT2D eigenvalue weighted by Crippen LogP contribution is 2.32. The Morgan fingerprint density at radius 2 is 1.82 bits per heavy atom. The molecule has 7 heteroatoms. The van der Waals surface area contributed by atoms with Crippen LogP contribution in [0.1, 0.15) is 37.9 Å². The van der Waals surface area contributed by atoms with E-state index in [-0.39, 0.29) is 11.9 Å². The molecule has 1 aromatic carbocycles. The Labute approximate surface area is 134 Å². The molecule has 0 amide bonds. The summed E-state index contributed by atoms with van der Waals surface area (Å²) in [5.74, 6) is -0.828. The van der Waals surface area contributed by atoms with E-state index in [1.54, 1.807) is 18.2 Å². The van der Waals surface area contributed by atoms with Crippen molar-refractivity contribution in [1.29, 1.82) is 0 Å². The summed E-state index contributed by atoms with van der Waals surface area (Å²) in [5, 5.41) is 3.80. The first-order chi connectivity index (χ1) is 10.4. The molecule has 1 aromatic heterocycles. The molecule has 3 rings (SSSR count). The lowest BCUT2D eigenvalue weighted by atomic mass is 9.95. The summed E-state index contributed by atoms with van der Waals surface area (Å²) in [5.41, 5.74) is 0.295. The van der Waals surface area contributed by atoms with Gasteiger partial charge in [-0.3, -0.25) is 0 Å². The molecule has 0 aliphatic heterocycles. The van der Waals surface area contributed by atoms with E-state index in [0.717, 1.165) is 30.2 Å². The molecular weight excluding hydrogens is 359 g/mol. The highest BCUT2D eigenvalue weighted by Gasteiger charge is 2.35. The maximum Gasteiger partial charge on any atom is 0.451 e. The highest BCUT2D eigenvalue weighted by molar-refractivity contribution is 9.10. The summed E-state index contributed by atoms with van der Waals surface area (Å²) in [7, 11) is 0. The van der Waals surface area contributed by atoms with Crippen LogP contribution in [0.2, 0.25) is 0 Å². The van der Waals surface area contributed by atoms with Gasteiger partial charge in [-0.2, -0.15) is 13.2 Å². The van der Waals surface area contributed by atoms with Crippen LogP contribution in [0.15, 0.2) is 22.7 Å². The summed E-state index contributed by atoms with van der Waals surface area (Å²) in [6, 6.07) is 5.18. The van der Waals surface area contributed by atoms with Gasteiger partial charge in [0, 0.05) is 15.9 Å². The molecule has 0 atom stereocenters. The number of anilines is 1. The average Bonchev–Trinajstić information content (AvgIpc) is 2.47. The molecule has 0 saturated heterocycles. The van der Waals surface area contributed by atoms with Crippen molar-refractivity contribution in [2.75, 3.05) is 5.32 Å². The largest absolute Gasteiger partial charge is 0.451 e. The Morgan fingerprint density at radius 3 is 2.50 bits per heavy atom. The van der Waals surface area contributed by atoms with Gasteiger partial charge in [-0.25, -0.2) is 9.97 Å². The molecule has 0 radical (unpaired) electrons. The van der Waals surface area contributed by atoms with Gasteiger partial charge < -0.3 is 5.32 Å². The molecule has 0 unspecified atom stereocenters. The van der Waals surface area contributed by atoms with Crippen LogP contribution in [-0.2, 0) is 6.18 Å². The van der Waals surface area contributed by atoms with Gasteiger partial charge in [-0.15, -0.1) is 0 Å². The number of nitrogens with one attached hydrogen (secondary N) is 1. The van der Waals surface area contributed by atoms with E-state index in [1.165, 1.54) is 6.42 Å². The second-order valence-corrected chi connectivity index (χ2v) is 6.45. The molecule has 1 heterocycles. The number of benzene rings is 1. The van der Waals surface area contributed by atoms with Crippen molar-refractivity contribution >= 4 is 32.7 Å². The zero-order chi connectivity index (χ0) is 15.7. The van der Waals surface area contributed by atoms with E-state index in [4.69, 9.17) is 0 Å². The van der Waals surface area contributed by atoms with Crippen LogP contribution in [0.5, 0.6) is 0 Å².